The average Bonchev–Trinajstić information content (AvgIpc) is 2.78. The molecule has 1 aromatic heterocycles. The van der Waals surface area contributed by atoms with E-state index in [9.17, 15) is 4.79 Å². The van der Waals surface area contributed by atoms with Gasteiger partial charge in [0.2, 0.25) is 0 Å². The summed E-state index contributed by atoms with van der Waals surface area (Å²) in [4.78, 5) is 16.7. The standard InChI is InChI=1S/C22H21N3O4/c1-27-19-5-3-2-4-15(19)13-23-17-6-8-18(24-14-17)22(26)25-16-7-9-20-21(12-16)29-11-10-28-20/h2-9,12,14,23H,10-11,13H2,1H3,(H,25,26). The lowest BCUT2D eigenvalue weighted by atomic mass is 10.2. The maximum Gasteiger partial charge on any atom is 0.274 e. The highest BCUT2D eigenvalue weighted by Gasteiger charge is 2.14. The van der Waals surface area contributed by atoms with Crippen LogP contribution in [0.1, 0.15) is 16.1 Å². The van der Waals surface area contributed by atoms with Gasteiger partial charge in [-0.1, -0.05) is 18.2 Å². The van der Waals surface area contributed by atoms with E-state index in [4.69, 9.17) is 14.2 Å². The van der Waals surface area contributed by atoms with Gasteiger partial charge in [0.15, 0.2) is 11.5 Å². The van der Waals surface area contributed by atoms with Crippen LogP contribution in [0.25, 0.3) is 0 Å². The number of ether oxygens (including phenoxy) is 3. The largest absolute Gasteiger partial charge is 0.496 e. The number of amides is 1. The number of carbonyl (C=O) groups excluding carboxylic acids is 1. The van der Waals surface area contributed by atoms with E-state index in [-0.39, 0.29) is 5.91 Å². The van der Waals surface area contributed by atoms with Crippen LogP contribution >= 0.6 is 0 Å². The van der Waals surface area contributed by atoms with Crippen molar-refractivity contribution in [3.8, 4) is 17.2 Å². The van der Waals surface area contributed by atoms with E-state index in [1.54, 1.807) is 37.6 Å². The predicted octanol–water partition coefficient (Wildman–Crippen LogP) is 3.73. The number of fused-ring (bicyclic) bond motifs is 1. The predicted molar refractivity (Wildman–Crippen MR) is 110 cm³/mol. The Labute approximate surface area is 168 Å². The number of methoxy groups -OCH3 is 1. The van der Waals surface area contributed by atoms with Crippen molar-refractivity contribution in [2.45, 2.75) is 6.54 Å². The maximum atomic E-state index is 12.5. The third-order valence-corrected chi connectivity index (χ3v) is 4.47. The number of hydrogen-bond acceptors (Lipinski definition) is 6. The molecular weight excluding hydrogens is 370 g/mol. The molecule has 7 nitrogen and oxygen atoms in total. The molecule has 1 aliphatic rings. The number of rotatable bonds is 6. The molecule has 0 fully saturated rings. The number of carbonyl (C=O) groups is 1. The maximum absolute atomic E-state index is 12.5. The third-order valence-electron chi connectivity index (χ3n) is 4.47. The van der Waals surface area contributed by atoms with Gasteiger partial charge >= 0.3 is 0 Å². The zero-order valence-corrected chi connectivity index (χ0v) is 16.0. The molecule has 0 saturated heterocycles. The molecule has 2 N–H and O–H groups in total. The first-order chi connectivity index (χ1) is 14.2. The van der Waals surface area contributed by atoms with Crippen LogP contribution in [0.5, 0.6) is 17.2 Å². The fourth-order valence-electron chi connectivity index (χ4n) is 3.00. The highest BCUT2D eigenvalue weighted by Crippen LogP contribution is 2.32. The van der Waals surface area contributed by atoms with Crippen molar-refractivity contribution in [2.24, 2.45) is 0 Å². The summed E-state index contributed by atoms with van der Waals surface area (Å²) in [7, 11) is 1.65. The number of benzene rings is 2. The Bertz CT molecular complexity index is 1010. The zero-order valence-electron chi connectivity index (χ0n) is 16.0. The summed E-state index contributed by atoms with van der Waals surface area (Å²) in [5.74, 6) is 1.83. The number of anilines is 2. The van der Waals surface area contributed by atoms with Crippen molar-refractivity contribution in [1.82, 2.24) is 4.98 Å². The summed E-state index contributed by atoms with van der Waals surface area (Å²) in [6.07, 6.45) is 1.63. The molecule has 2 heterocycles. The normalized spacial score (nSPS) is 12.2. The molecule has 0 bridgehead atoms. The van der Waals surface area contributed by atoms with Gasteiger partial charge < -0.3 is 24.8 Å². The van der Waals surface area contributed by atoms with E-state index in [0.29, 0.717) is 42.6 Å². The number of nitrogens with zero attached hydrogens (tertiary/aromatic N) is 1. The van der Waals surface area contributed by atoms with Crippen LogP contribution in [-0.2, 0) is 6.54 Å². The fraction of sp³-hybridized carbons (Fsp3) is 0.182. The topological polar surface area (TPSA) is 81.7 Å². The Morgan fingerprint density at radius 3 is 2.62 bits per heavy atom. The second-order valence-corrected chi connectivity index (χ2v) is 6.41. The molecule has 1 amide bonds. The number of pyridine rings is 1. The summed E-state index contributed by atoms with van der Waals surface area (Å²) >= 11 is 0. The average molecular weight is 391 g/mol. The molecule has 1 aliphatic heterocycles. The van der Waals surface area contributed by atoms with Crippen LogP contribution in [-0.4, -0.2) is 31.2 Å². The van der Waals surface area contributed by atoms with Gasteiger partial charge in [0.1, 0.15) is 24.7 Å². The quantitative estimate of drug-likeness (QED) is 0.666. The van der Waals surface area contributed by atoms with Crippen molar-refractivity contribution >= 4 is 17.3 Å². The second kappa shape index (κ2) is 8.52. The van der Waals surface area contributed by atoms with Crippen LogP contribution < -0.4 is 24.8 Å². The number of para-hydroxylation sites is 1. The molecule has 4 rings (SSSR count). The van der Waals surface area contributed by atoms with Gasteiger partial charge in [-0.25, -0.2) is 4.98 Å². The van der Waals surface area contributed by atoms with Crippen LogP contribution in [0, 0.1) is 0 Å². The zero-order chi connectivity index (χ0) is 20.1. The monoisotopic (exact) mass is 391 g/mol. The summed E-state index contributed by atoms with van der Waals surface area (Å²) < 4.78 is 16.4. The Hall–Kier alpha value is -3.74. The Kier molecular flexibility index (Phi) is 5.47. The van der Waals surface area contributed by atoms with Crippen molar-refractivity contribution < 1.29 is 19.0 Å². The van der Waals surface area contributed by atoms with Gasteiger partial charge in [0, 0.05) is 23.9 Å². The Morgan fingerprint density at radius 2 is 1.83 bits per heavy atom. The second-order valence-electron chi connectivity index (χ2n) is 6.41. The highest BCUT2D eigenvalue weighted by molar-refractivity contribution is 6.03. The molecule has 7 heteroatoms. The lowest BCUT2D eigenvalue weighted by Gasteiger charge is -2.19. The van der Waals surface area contributed by atoms with Gasteiger partial charge in [0.05, 0.1) is 19.0 Å². The van der Waals surface area contributed by atoms with Crippen molar-refractivity contribution in [3.63, 3.8) is 0 Å². The molecule has 0 aliphatic carbocycles. The van der Waals surface area contributed by atoms with Gasteiger partial charge in [-0.15, -0.1) is 0 Å². The van der Waals surface area contributed by atoms with Gasteiger partial charge in [-0.2, -0.15) is 0 Å². The summed E-state index contributed by atoms with van der Waals surface area (Å²) in [5, 5.41) is 6.11. The van der Waals surface area contributed by atoms with Crippen LogP contribution in [0.2, 0.25) is 0 Å². The molecule has 0 spiro atoms. The van der Waals surface area contributed by atoms with Crippen molar-refractivity contribution in [2.75, 3.05) is 31.0 Å². The number of nitrogens with one attached hydrogen (secondary N) is 2. The van der Waals surface area contributed by atoms with Crippen LogP contribution in [0.15, 0.2) is 60.8 Å². The van der Waals surface area contributed by atoms with E-state index in [2.05, 4.69) is 15.6 Å². The van der Waals surface area contributed by atoms with Gasteiger partial charge in [-0.05, 0) is 30.3 Å². The fourth-order valence-corrected chi connectivity index (χ4v) is 3.00. The molecule has 0 saturated carbocycles. The molecule has 148 valence electrons. The van der Waals surface area contributed by atoms with Crippen LogP contribution in [0.3, 0.4) is 0 Å². The van der Waals surface area contributed by atoms with Crippen molar-refractivity contribution in [3.05, 3.63) is 72.1 Å². The number of hydrogen-bond donors (Lipinski definition) is 2. The SMILES string of the molecule is COc1ccccc1CNc1ccc(C(=O)Nc2ccc3c(c2)OCCO3)nc1. The minimum Gasteiger partial charge on any atom is -0.496 e. The molecule has 3 aromatic rings. The van der Waals surface area contributed by atoms with Gasteiger partial charge in [0.25, 0.3) is 5.91 Å². The lowest BCUT2D eigenvalue weighted by Crippen LogP contribution is -2.17. The number of aromatic nitrogens is 1. The minimum absolute atomic E-state index is 0.294. The first-order valence-corrected chi connectivity index (χ1v) is 9.26. The van der Waals surface area contributed by atoms with E-state index < -0.39 is 0 Å². The molecule has 29 heavy (non-hydrogen) atoms. The Morgan fingerprint density at radius 1 is 1.03 bits per heavy atom. The van der Waals surface area contributed by atoms with Crippen LogP contribution in [0.4, 0.5) is 11.4 Å². The van der Waals surface area contributed by atoms with Crippen molar-refractivity contribution in [1.29, 1.82) is 0 Å². The van der Waals surface area contributed by atoms with Gasteiger partial charge in [-0.3, -0.25) is 4.79 Å². The summed E-state index contributed by atoms with van der Waals surface area (Å²) in [5.41, 5.74) is 2.80. The van der Waals surface area contributed by atoms with E-state index >= 15 is 0 Å². The van der Waals surface area contributed by atoms with E-state index in [1.165, 1.54) is 0 Å². The van der Waals surface area contributed by atoms with E-state index in [0.717, 1.165) is 17.0 Å². The molecule has 0 radical (unpaired) electrons. The lowest BCUT2D eigenvalue weighted by molar-refractivity contribution is 0.102. The molecule has 0 unspecified atom stereocenters. The first-order valence-electron chi connectivity index (χ1n) is 9.26. The van der Waals surface area contributed by atoms with E-state index in [1.807, 2.05) is 30.3 Å². The minimum atomic E-state index is -0.294. The smallest absolute Gasteiger partial charge is 0.274 e. The first kappa shape index (κ1) is 18.6. The molecule has 0 atom stereocenters. The highest BCUT2D eigenvalue weighted by atomic mass is 16.6. The third kappa shape index (κ3) is 4.40. The molecule has 2 aromatic carbocycles. The molecular formula is C22H21N3O4. The summed E-state index contributed by atoms with van der Waals surface area (Å²) in [6.45, 7) is 1.61. The Balaban J connectivity index is 1.38. The summed E-state index contributed by atoms with van der Waals surface area (Å²) in [6, 6.07) is 16.6.